The van der Waals surface area contributed by atoms with Crippen molar-refractivity contribution in [3.63, 3.8) is 0 Å². The molecule has 1 aliphatic heterocycles. The van der Waals surface area contributed by atoms with Gasteiger partial charge < -0.3 is 9.64 Å². The number of benzene rings is 2. The Morgan fingerprint density at radius 3 is 2.60 bits per heavy atom. The molecule has 1 unspecified atom stereocenters. The van der Waals surface area contributed by atoms with Gasteiger partial charge in [0.1, 0.15) is 5.75 Å². The number of allylic oxidation sites excluding steroid dienone is 1. The van der Waals surface area contributed by atoms with Crippen LogP contribution in [0.4, 0.5) is 0 Å². The highest BCUT2D eigenvalue weighted by atomic mass is 16.5. The fourth-order valence-corrected chi connectivity index (χ4v) is 3.20. The van der Waals surface area contributed by atoms with Crippen LogP contribution in [-0.4, -0.2) is 30.9 Å². The summed E-state index contributed by atoms with van der Waals surface area (Å²) in [6.07, 6.45) is 2.95. The lowest BCUT2D eigenvalue weighted by Crippen LogP contribution is -2.31. The van der Waals surface area contributed by atoms with E-state index in [-0.39, 0.29) is 11.7 Å². The third-order valence-corrected chi connectivity index (χ3v) is 4.49. The van der Waals surface area contributed by atoms with E-state index >= 15 is 0 Å². The number of rotatable bonds is 5. The van der Waals surface area contributed by atoms with Gasteiger partial charge in [0.15, 0.2) is 5.78 Å². The lowest BCUT2D eigenvalue weighted by atomic mass is 9.85. The first kappa shape index (κ1) is 17.3. The summed E-state index contributed by atoms with van der Waals surface area (Å²) in [7, 11) is 2.02. The summed E-state index contributed by atoms with van der Waals surface area (Å²) in [5, 5.41) is 0. The molecular formula is C22H25NO2. The molecule has 2 aromatic rings. The molecule has 0 spiro atoms. The fourth-order valence-electron chi connectivity index (χ4n) is 3.20. The molecule has 0 aliphatic carbocycles. The zero-order valence-corrected chi connectivity index (χ0v) is 15.2. The van der Waals surface area contributed by atoms with Gasteiger partial charge in [-0.3, -0.25) is 4.79 Å². The minimum Gasteiger partial charge on any atom is -0.494 e. The van der Waals surface area contributed by atoms with Crippen LogP contribution in [-0.2, 0) is 4.79 Å². The third kappa shape index (κ3) is 3.93. The number of nitrogens with zero attached hydrogens (tertiary/aromatic N) is 1. The number of likely N-dealkylation sites (N-methyl/N-ethyl adjacent to an activating group) is 1. The van der Waals surface area contributed by atoms with Gasteiger partial charge in [-0.05, 0) is 36.6 Å². The van der Waals surface area contributed by atoms with Gasteiger partial charge >= 0.3 is 0 Å². The Kier molecular flexibility index (Phi) is 5.22. The summed E-state index contributed by atoms with van der Waals surface area (Å²) in [6.45, 7) is 5.55. The van der Waals surface area contributed by atoms with E-state index in [1.807, 2.05) is 62.6 Å². The summed E-state index contributed by atoms with van der Waals surface area (Å²) in [5.41, 5.74) is 3.98. The molecule has 0 saturated carbocycles. The van der Waals surface area contributed by atoms with Crippen LogP contribution in [0.3, 0.4) is 0 Å². The van der Waals surface area contributed by atoms with Crippen molar-refractivity contribution >= 4 is 11.4 Å². The quantitative estimate of drug-likeness (QED) is 0.810. The van der Waals surface area contributed by atoms with E-state index in [0.29, 0.717) is 13.2 Å². The molecule has 130 valence electrons. The molecule has 1 heterocycles. The molecule has 0 N–H and O–H groups in total. The molecule has 1 aliphatic rings. The minimum absolute atomic E-state index is 0.147. The molecule has 1 atom stereocenters. The molecule has 0 bridgehead atoms. The lowest BCUT2D eigenvalue weighted by Gasteiger charge is -2.29. The van der Waals surface area contributed by atoms with Crippen molar-refractivity contribution in [2.24, 2.45) is 0 Å². The van der Waals surface area contributed by atoms with Gasteiger partial charge in [0.25, 0.3) is 0 Å². The van der Waals surface area contributed by atoms with E-state index in [1.54, 1.807) is 0 Å². The number of carbonyl (C=O) groups excluding carboxylic acids is 1. The Labute approximate surface area is 149 Å². The topological polar surface area (TPSA) is 29.5 Å². The van der Waals surface area contributed by atoms with Crippen LogP contribution < -0.4 is 4.74 Å². The highest BCUT2D eigenvalue weighted by Crippen LogP contribution is 2.32. The smallest absolute Gasteiger partial charge is 0.174 e. The Hall–Kier alpha value is -2.55. The molecule has 0 saturated heterocycles. The zero-order chi connectivity index (χ0) is 17.8. The SMILES string of the molecule is CCCOc1ccc(C2CN(C)C=C(c3cccc(C)c3)C2=O)cc1. The van der Waals surface area contributed by atoms with Crippen LogP contribution in [0.5, 0.6) is 5.75 Å². The van der Waals surface area contributed by atoms with E-state index in [9.17, 15) is 4.79 Å². The highest BCUT2D eigenvalue weighted by molar-refractivity contribution is 6.24. The standard InChI is InChI=1S/C22H25NO2/c1-4-12-25-19-10-8-17(9-11-19)20-14-23(3)15-21(22(20)24)18-7-5-6-16(2)13-18/h5-11,13,15,20H,4,12,14H2,1-3H3. The molecule has 0 radical (unpaired) electrons. The Balaban J connectivity index is 1.86. The molecule has 0 amide bonds. The van der Waals surface area contributed by atoms with Gasteiger partial charge in [0.05, 0.1) is 12.5 Å². The van der Waals surface area contributed by atoms with Gasteiger partial charge in [0, 0.05) is 25.4 Å². The second-order valence-electron chi connectivity index (χ2n) is 6.69. The predicted molar refractivity (Wildman–Crippen MR) is 102 cm³/mol. The molecule has 2 aromatic carbocycles. The molecule has 0 aromatic heterocycles. The summed E-state index contributed by atoms with van der Waals surface area (Å²) in [6, 6.07) is 16.1. The number of hydrogen-bond donors (Lipinski definition) is 0. The lowest BCUT2D eigenvalue weighted by molar-refractivity contribution is -0.115. The van der Waals surface area contributed by atoms with E-state index in [0.717, 1.165) is 34.4 Å². The number of aryl methyl sites for hydroxylation is 1. The molecule has 3 nitrogen and oxygen atoms in total. The second kappa shape index (κ2) is 7.56. The zero-order valence-electron chi connectivity index (χ0n) is 15.2. The first-order valence-corrected chi connectivity index (χ1v) is 8.84. The molecule has 25 heavy (non-hydrogen) atoms. The summed E-state index contributed by atoms with van der Waals surface area (Å²) >= 11 is 0. The number of ether oxygens (including phenoxy) is 1. The first-order valence-electron chi connectivity index (χ1n) is 8.84. The largest absolute Gasteiger partial charge is 0.494 e. The van der Waals surface area contributed by atoms with Crippen molar-refractivity contribution in [1.82, 2.24) is 4.90 Å². The monoisotopic (exact) mass is 335 g/mol. The van der Waals surface area contributed by atoms with Gasteiger partial charge in [-0.25, -0.2) is 0 Å². The highest BCUT2D eigenvalue weighted by Gasteiger charge is 2.29. The molecule has 0 fully saturated rings. The average molecular weight is 335 g/mol. The average Bonchev–Trinajstić information content (AvgIpc) is 2.62. The number of hydrogen-bond acceptors (Lipinski definition) is 3. The first-order chi connectivity index (χ1) is 12.1. The maximum atomic E-state index is 13.1. The second-order valence-corrected chi connectivity index (χ2v) is 6.69. The van der Waals surface area contributed by atoms with Crippen LogP contribution in [0.2, 0.25) is 0 Å². The van der Waals surface area contributed by atoms with Crippen molar-refractivity contribution in [2.75, 3.05) is 20.2 Å². The van der Waals surface area contributed by atoms with E-state index in [1.165, 1.54) is 0 Å². The van der Waals surface area contributed by atoms with Gasteiger partial charge in [-0.15, -0.1) is 0 Å². The van der Waals surface area contributed by atoms with Gasteiger partial charge in [-0.1, -0.05) is 48.9 Å². The van der Waals surface area contributed by atoms with E-state index in [4.69, 9.17) is 4.74 Å². The summed E-state index contributed by atoms with van der Waals surface area (Å²) in [4.78, 5) is 15.2. The number of carbonyl (C=O) groups is 1. The maximum absolute atomic E-state index is 13.1. The molecule has 3 heteroatoms. The Morgan fingerprint density at radius 2 is 1.92 bits per heavy atom. The van der Waals surface area contributed by atoms with E-state index in [2.05, 4.69) is 17.9 Å². The normalized spacial score (nSPS) is 17.4. The Bertz CT molecular complexity index is 777. The maximum Gasteiger partial charge on any atom is 0.174 e. The van der Waals surface area contributed by atoms with Crippen LogP contribution in [0.15, 0.2) is 54.7 Å². The minimum atomic E-state index is -0.147. The third-order valence-electron chi connectivity index (χ3n) is 4.49. The molecular weight excluding hydrogens is 310 g/mol. The van der Waals surface area contributed by atoms with Crippen LogP contribution >= 0.6 is 0 Å². The van der Waals surface area contributed by atoms with Crippen LogP contribution in [0.25, 0.3) is 5.57 Å². The number of Topliss-reactive ketones (excluding diaryl/α,β-unsaturated/α-hetero) is 1. The summed E-state index contributed by atoms with van der Waals surface area (Å²) < 4.78 is 5.64. The predicted octanol–water partition coefficient (Wildman–Crippen LogP) is 4.42. The van der Waals surface area contributed by atoms with Crippen molar-refractivity contribution in [3.05, 3.63) is 71.4 Å². The number of ketones is 1. The summed E-state index contributed by atoms with van der Waals surface area (Å²) in [5.74, 6) is 0.897. The van der Waals surface area contributed by atoms with E-state index < -0.39 is 0 Å². The van der Waals surface area contributed by atoms with Crippen LogP contribution in [0, 0.1) is 6.92 Å². The van der Waals surface area contributed by atoms with Crippen molar-refractivity contribution < 1.29 is 9.53 Å². The van der Waals surface area contributed by atoms with Gasteiger partial charge in [-0.2, -0.15) is 0 Å². The van der Waals surface area contributed by atoms with Crippen molar-refractivity contribution in [1.29, 1.82) is 0 Å². The van der Waals surface area contributed by atoms with Gasteiger partial charge in [0.2, 0.25) is 0 Å². The van der Waals surface area contributed by atoms with Crippen LogP contribution in [0.1, 0.15) is 36.0 Å². The van der Waals surface area contributed by atoms with Crippen molar-refractivity contribution in [2.45, 2.75) is 26.2 Å². The van der Waals surface area contributed by atoms with Crippen molar-refractivity contribution in [3.8, 4) is 5.75 Å². The molecule has 3 rings (SSSR count). The fraction of sp³-hybridized carbons (Fsp3) is 0.318. The Morgan fingerprint density at radius 1 is 1.16 bits per heavy atom.